The second-order valence-electron chi connectivity index (χ2n) is 4.92. The van der Waals surface area contributed by atoms with Crippen LogP contribution in [0.1, 0.15) is 37.8 Å². The Morgan fingerprint density at radius 2 is 2.26 bits per heavy atom. The van der Waals surface area contributed by atoms with Gasteiger partial charge in [-0.05, 0) is 19.8 Å². The number of rotatable bonds is 5. The number of carbonyl (C=O) groups excluding carboxylic acids is 1. The summed E-state index contributed by atoms with van der Waals surface area (Å²) < 4.78 is 1.46. The summed E-state index contributed by atoms with van der Waals surface area (Å²) >= 11 is 0. The molecule has 104 valence electrons. The van der Waals surface area contributed by atoms with E-state index in [1.165, 1.54) is 23.7 Å². The zero-order valence-electron chi connectivity index (χ0n) is 11.0. The summed E-state index contributed by atoms with van der Waals surface area (Å²) in [6.07, 6.45) is 6.13. The number of nitrogens with one attached hydrogen (secondary N) is 1. The average Bonchev–Trinajstić information content (AvgIpc) is 2.96. The number of nitrogens with zero attached hydrogens (tertiary/aromatic N) is 3. The Balaban J connectivity index is 1.82. The lowest BCUT2D eigenvalue weighted by atomic mass is 10.2. The minimum Gasteiger partial charge on any atom is -0.353 e. The van der Waals surface area contributed by atoms with Crippen molar-refractivity contribution < 1.29 is 9.72 Å². The lowest BCUT2D eigenvalue weighted by Crippen LogP contribution is -2.33. The first-order chi connectivity index (χ1) is 9.06. The van der Waals surface area contributed by atoms with Crippen molar-refractivity contribution in [3.05, 3.63) is 22.0 Å². The highest BCUT2D eigenvalue weighted by Gasteiger charge is 2.18. The normalized spacial score (nSPS) is 15.6. The topological polar surface area (TPSA) is 90.1 Å². The van der Waals surface area contributed by atoms with Crippen molar-refractivity contribution in [2.75, 3.05) is 0 Å². The highest BCUT2D eigenvalue weighted by Crippen LogP contribution is 2.18. The van der Waals surface area contributed by atoms with Gasteiger partial charge in [-0.2, -0.15) is 5.10 Å². The van der Waals surface area contributed by atoms with Crippen LogP contribution < -0.4 is 5.32 Å². The van der Waals surface area contributed by atoms with Crippen LogP contribution in [0.25, 0.3) is 0 Å². The standard InChI is InChI=1S/C12H18N4O3/c1-9-11(16(18)19)8-15(14-9)7-6-12(17)13-10-4-2-3-5-10/h8,10H,2-7H2,1H3,(H,13,17). The molecule has 2 rings (SSSR count). The molecule has 19 heavy (non-hydrogen) atoms. The van der Waals surface area contributed by atoms with Crippen LogP contribution in [0, 0.1) is 17.0 Å². The monoisotopic (exact) mass is 266 g/mol. The highest BCUT2D eigenvalue weighted by atomic mass is 16.6. The maximum absolute atomic E-state index is 11.7. The van der Waals surface area contributed by atoms with Crippen molar-refractivity contribution >= 4 is 11.6 Å². The quantitative estimate of drug-likeness (QED) is 0.646. The van der Waals surface area contributed by atoms with Crippen molar-refractivity contribution in [2.45, 2.75) is 51.6 Å². The molecule has 0 atom stereocenters. The summed E-state index contributed by atoms with van der Waals surface area (Å²) in [6.45, 7) is 1.96. The largest absolute Gasteiger partial charge is 0.353 e. The number of aromatic nitrogens is 2. The molecule has 1 aromatic heterocycles. The van der Waals surface area contributed by atoms with Crippen molar-refractivity contribution in [1.82, 2.24) is 15.1 Å². The summed E-state index contributed by atoms with van der Waals surface area (Å²) in [7, 11) is 0. The number of hydrogen-bond donors (Lipinski definition) is 1. The van der Waals surface area contributed by atoms with Crippen molar-refractivity contribution in [3.63, 3.8) is 0 Å². The molecule has 7 nitrogen and oxygen atoms in total. The van der Waals surface area contributed by atoms with Crippen LogP contribution in [0.15, 0.2) is 6.20 Å². The first-order valence-electron chi connectivity index (χ1n) is 6.54. The molecular weight excluding hydrogens is 248 g/mol. The van der Waals surface area contributed by atoms with Gasteiger partial charge in [-0.15, -0.1) is 0 Å². The van der Waals surface area contributed by atoms with Crippen molar-refractivity contribution in [3.8, 4) is 0 Å². The van der Waals surface area contributed by atoms with Crippen LogP contribution >= 0.6 is 0 Å². The van der Waals surface area contributed by atoms with E-state index in [9.17, 15) is 14.9 Å². The van der Waals surface area contributed by atoms with Gasteiger partial charge in [0.05, 0.1) is 4.92 Å². The van der Waals surface area contributed by atoms with E-state index in [4.69, 9.17) is 0 Å². The Hall–Kier alpha value is -1.92. The minimum atomic E-state index is -0.461. The third-order valence-electron chi connectivity index (χ3n) is 3.41. The van der Waals surface area contributed by atoms with E-state index in [0.717, 1.165) is 12.8 Å². The zero-order chi connectivity index (χ0) is 13.8. The molecule has 1 fully saturated rings. The van der Waals surface area contributed by atoms with Crippen LogP contribution in [0.5, 0.6) is 0 Å². The molecule has 0 bridgehead atoms. The fourth-order valence-electron chi connectivity index (χ4n) is 2.39. The Bertz CT molecular complexity index is 477. The molecule has 0 spiro atoms. The molecular formula is C12H18N4O3. The van der Waals surface area contributed by atoms with Crippen LogP contribution in [0.3, 0.4) is 0 Å². The van der Waals surface area contributed by atoms with E-state index in [2.05, 4.69) is 10.4 Å². The van der Waals surface area contributed by atoms with E-state index in [-0.39, 0.29) is 11.6 Å². The van der Waals surface area contributed by atoms with Gasteiger partial charge in [0.15, 0.2) is 0 Å². The number of aryl methyl sites for hydroxylation is 2. The number of amides is 1. The van der Waals surface area contributed by atoms with E-state index in [1.807, 2.05) is 0 Å². The first kappa shape index (κ1) is 13.5. The molecule has 1 aliphatic carbocycles. The predicted molar refractivity (Wildman–Crippen MR) is 68.6 cm³/mol. The van der Waals surface area contributed by atoms with Crippen LogP contribution in [-0.2, 0) is 11.3 Å². The third-order valence-corrected chi connectivity index (χ3v) is 3.41. The van der Waals surface area contributed by atoms with Gasteiger partial charge < -0.3 is 5.32 Å². The molecule has 1 saturated carbocycles. The summed E-state index contributed by atoms with van der Waals surface area (Å²) in [5.74, 6) is -0.0114. The summed E-state index contributed by atoms with van der Waals surface area (Å²) in [6, 6.07) is 0.307. The van der Waals surface area contributed by atoms with Crippen molar-refractivity contribution in [2.24, 2.45) is 0 Å². The van der Waals surface area contributed by atoms with Gasteiger partial charge in [0.25, 0.3) is 0 Å². The lowest BCUT2D eigenvalue weighted by Gasteiger charge is -2.11. The minimum absolute atomic E-state index is 0.00352. The SMILES string of the molecule is Cc1nn(CCC(=O)NC2CCCC2)cc1[N+](=O)[O-]. The molecule has 1 aliphatic rings. The molecule has 0 radical (unpaired) electrons. The average molecular weight is 266 g/mol. The van der Waals surface area contributed by atoms with Crippen LogP contribution in [0.2, 0.25) is 0 Å². The molecule has 1 heterocycles. The molecule has 0 saturated heterocycles. The molecule has 1 aromatic rings. The molecule has 7 heteroatoms. The molecule has 0 unspecified atom stereocenters. The Labute approximate surface area is 111 Å². The zero-order valence-corrected chi connectivity index (χ0v) is 11.0. The Morgan fingerprint density at radius 3 is 2.84 bits per heavy atom. The number of nitro groups is 1. The second-order valence-corrected chi connectivity index (χ2v) is 4.92. The van der Waals surface area contributed by atoms with E-state index < -0.39 is 4.92 Å². The predicted octanol–water partition coefficient (Wildman–Crippen LogP) is 1.55. The molecule has 1 amide bonds. The number of carbonyl (C=O) groups is 1. The summed E-state index contributed by atoms with van der Waals surface area (Å²) in [4.78, 5) is 21.9. The fourth-order valence-corrected chi connectivity index (χ4v) is 2.39. The summed E-state index contributed by atoms with van der Waals surface area (Å²) in [5.41, 5.74) is 0.373. The van der Waals surface area contributed by atoms with Gasteiger partial charge >= 0.3 is 5.69 Å². The highest BCUT2D eigenvalue weighted by molar-refractivity contribution is 5.76. The van der Waals surface area contributed by atoms with Gasteiger partial charge in [-0.3, -0.25) is 19.6 Å². The smallest absolute Gasteiger partial charge is 0.309 e. The van der Waals surface area contributed by atoms with E-state index >= 15 is 0 Å². The van der Waals surface area contributed by atoms with Gasteiger partial charge in [0.2, 0.25) is 5.91 Å². The number of hydrogen-bond acceptors (Lipinski definition) is 4. The summed E-state index contributed by atoms with van der Waals surface area (Å²) in [5, 5.41) is 17.7. The fraction of sp³-hybridized carbons (Fsp3) is 0.667. The van der Waals surface area contributed by atoms with Gasteiger partial charge in [-0.25, -0.2) is 0 Å². The Morgan fingerprint density at radius 1 is 1.58 bits per heavy atom. The second kappa shape index (κ2) is 5.81. The molecule has 0 aliphatic heterocycles. The van der Waals surface area contributed by atoms with E-state index in [1.54, 1.807) is 6.92 Å². The van der Waals surface area contributed by atoms with Gasteiger partial charge in [0, 0.05) is 19.0 Å². The Kier molecular flexibility index (Phi) is 4.13. The first-order valence-corrected chi connectivity index (χ1v) is 6.54. The van der Waals surface area contributed by atoms with E-state index in [0.29, 0.717) is 24.7 Å². The van der Waals surface area contributed by atoms with Crippen molar-refractivity contribution in [1.29, 1.82) is 0 Å². The van der Waals surface area contributed by atoms with Gasteiger partial charge in [-0.1, -0.05) is 12.8 Å². The molecule has 0 aromatic carbocycles. The molecule has 1 N–H and O–H groups in total. The third kappa shape index (κ3) is 3.52. The van der Waals surface area contributed by atoms with Crippen LogP contribution in [0.4, 0.5) is 5.69 Å². The maximum Gasteiger partial charge on any atom is 0.309 e. The lowest BCUT2D eigenvalue weighted by molar-refractivity contribution is -0.385. The maximum atomic E-state index is 11.7. The van der Waals surface area contributed by atoms with Gasteiger partial charge in [0.1, 0.15) is 11.9 Å². The van der Waals surface area contributed by atoms with Crippen LogP contribution in [-0.4, -0.2) is 26.7 Å².